The molecule has 17 heavy (non-hydrogen) atoms. The van der Waals surface area contributed by atoms with Crippen LogP contribution in [0.4, 0.5) is 13.2 Å². The molecule has 0 amide bonds. The normalized spacial score (nSPS) is 10.3. The number of hydrogen-bond donors (Lipinski definition) is 0. The van der Waals surface area contributed by atoms with Crippen LogP contribution in [0.2, 0.25) is 0 Å². The molecular formula is C12H6F3NO. The highest BCUT2D eigenvalue weighted by molar-refractivity contribution is 5.75. The first-order valence-electron chi connectivity index (χ1n) is 4.68. The number of carbonyl (C=O) groups is 1. The van der Waals surface area contributed by atoms with Crippen molar-refractivity contribution in [2.24, 2.45) is 0 Å². The SMILES string of the molecule is O=Cc1cnc(-c2cccc(F)c2F)c(F)c1. The maximum absolute atomic E-state index is 13.5. The van der Waals surface area contributed by atoms with Gasteiger partial charge in [0.25, 0.3) is 0 Å². The molecule has 86 valence electrons. The van der Waals surface area contributed by atoms with Crippen LogP contribution < -0.4 is 0 Å². The molecule has 1 aromatic carbocycles. The first kappa shape index (κ1) is 11.3. The van der Waals surface area contributed by atoms with E-state index < -0.39 is 17.5 Å². The summed E-state index contributed by atoms with van der Waals surface area (Å²) < 4.78 is 39.9. The number of nitrogens with zero attached hydrogens (tertiary/aromatic N) is 1. The van der Waals surface area contributed by atoms with Gasteiger partial charge in [-0.05, 0) is 18.2 Å². The van der Waals surface area contributed by atoms with E-state index >= 15 is 0 Å². The number of hydrogen-bond acceptors (Lipinski definition) is 2. The Morgan fingerprint density at radius 1 is 1.12 bits per heavy atom. The molecule has 5 heteroatoms. The van der Waals surface area contributed by atoms with E-state index in [1.54, 1.807) is 0 Å². The van der Waals surface area contributed by atoms with Crippen LogP contribution in [-0.2, 0) is 0 Å². The molecule has 0 aliphatic rings. The Hall–Kier alpha value is -2.17. The Bertz CT molecular complexity index is 584. The number of carbonyl (C=O) groups excluding carboxylic acids is 1. The van der Waals surface area contributed by atoms with Gasteiger partial charge in [-0.15, -0.1) is 0 Å². The van der Waals surface area contributed by atoms with Gasteiger partial charge in [0.2, 0.25) is 0 Å². The van der Waals surface area contributed by atoms with Gasteiger partial charge >= 0.3 is 0 Å². The topological polar surface area (TPSA) is 30.0 Å². The molecule has 0 bridgehead atoms. The van der Waals surface area contributed by atoms with Gasteiger partial charge in [0, 0.05) is 17.3 Å². The number of rotatable bonds is 2. The average Bonchev–Trinajstić information content (AvgIpc) is 2.33. The smallest absolute Gasteiger partial charge is 0.168 e. The van der Waals surface area contributed by atoms with Crippen LogP contribution in [0.3, 0.4) is 0 Å². The molecule has 2 nitrogen and oxygen atoms in total. The first-order chi connectivity index (χ1) is 8.13. The summed E-state index contributed by atoms with van der Waals surface area (Å²) in [5, 5.41) is 0. The average molecular weight is 237 g/mol. The van der Waals surface area contributed by atoms with E-state index in [1.165, 1.54) is 12.1 Å². The summed E-state index contributed by atoms with van der Waals surface area (Å²) in [6, 6.07) is 4.31. The van der Waals surface area contributed by atoms with Crippen LogP contribution in [0.1, 0.15) is 10.4 Å². The Balaban J connectivity index is 2.61. The number of halogens is 3. The van der Waals surface area contributed by atoms with Crippen LogP contribution in [-0.4, -0.2) is 11.3 Å². The van der Waals surface area contributed by atoms with E-state index in [4.69, 9.17) is 0 Å². The molecule has 0 unspecified atom stereocenters. The monoisotopic (exact) mass is 237 g/mol. The van der Waals surface area contributed by atoms with Crippen molar-refractivity contribution < 1.29 is 18.0 Å². The predicted molar refractivity (Wildman–Crippen MR) is 54.9 cm³/mol. The van der Waals surface area contributed by atoms with Gasteiger partial charge < -0.3 is 0 Å². The quantitative estimate of drug-likeness (QED) is 0.751. The largest absolute Gasteiger partial charge is 0.298 e. The molecule has 0 N–H and O–H groups in total. The Labute approximate surface area is 94.7 Å². The highest BCUT2D eigenvalue weighted by Gasteiger charge is 2.14. The minimum absolute atomic E-state index is 0.0306. The van der Waals surface area contributed by atoms with Gasteiger partial charge in [-0.3, -0.25) is 9.78 Å². The molecule has 0 saturated carbocycles. The van der Waals surface area contributed by atoms with Crippen molar-refractivity contribution in [3.63, 3.8) is 0 Å². The minimum atomic E-state index is -1.17. The van der Waals surface area contributed by atoms with E-state index in [-0.39, 0.29) is 16.8 Å². The van der Waals surface area contributed by atoms with Crippen molar-refractivity contribution in [2.75, 3.05) is 0 Å². The summed E-state index contributed by atoms with van der Waals surface area (Å²) >= 11 is 0. The number of benzene rings is 1. The summed E-state index contributed by atoms with van der Waals surface area (Å²) in [4.78, 5) is 14.0. The van der Waals surface area contributed by atoms with Gasteiger partial charge in [-0.1, -0.05) is 6.07 Å². The van der Waals surface area contributed by atoms with E-state index in [1.807, 2.05) is 0 Å². The molecule has 1 heterocycles. The van der Waals surface area contributed by atoms with Crippen molar-refractivity contribution >= 4 is 6.29 Å². The molecule has 2 aromatic rings. The zero-order chi connectivity index (χ0) is 12.4. The van der Waals surface area contributed by atoms with E-state index in [9.17, 15) is 18.0 Å². The third kappa shape index (κ3) is 2.04. The summed E-state index contributed by atoms with van der Waals surface area (Å²) in [5.41, 5.74) is -0.574. The van der Waals surface area contributed by atoms with Gasteiger partial charge in [-0.25, -0.2) is 13.2 Å². The third-order valence-corrected chi connectivity index (χ3v) is 2.21. The van der Waals surface area contributed by atoms with Gasteiger partial charge in [0.1, 0.15) is 11.5 Å². The van der Waals surface area contributed by atoms with E-state index in [0.717, 1.165) is 18.3 Å². The summed E-state index contributed by atoms with van der Waals surface area (Å²) in [6.07, 6.45) is 1.51. The molecule has 0 fully saturated rings. The second-order valence-electron chi connectivity index (χ2n) is 3.32. The fraction of sp³-hybridized carbons (Fsp3) is 0. The van der Waals surface area contributed by atoms with Gasteiger partial charge in [-0.2, -0.15) is 0 Å². The van der Waals surface area contributed by atoms with Crippen LogP contribution in [0.25, 0.3) is 11.3 Å². The highest BCUT2D eigenvalue weighted by atomic mass is 19.2. The van der Waals surface area contributed by atoms with Crippen molar-refractivity contribution in [1.29, 1.82) is 0 Å². The lowest BCUT2D eigenvalue weighted by molar-refractivity contribution is 0.112. The molecular weight excluding hydrogens is 231 g/mol. The Kier molecular flexibility index (Phi) is 2.91. The molecule has 0 spiro atoms. The highest BCUT2D eigenvalue weighted by Crippen LogP contribution is 2.25. The van der Waals surface area contributed by atoms with Crippen LogP contribution in [0.5, 0.6) is 0 Å². The second-order valence-corrected chi connectivity index (χ2v) is 3.32. The first-order valence-corrected chi connectivity index (χ1v) is 4.68. The maximum Gasteiger partial charge on any atom is 0.168 e. The minimum Gasteiger partial charge on any atom is -0.298 e. The molecule has 0 aliphatic carbocycles. The molecule has 2 rings (SSSR count). The lowest BCUT2D eigenvalue weighted by Crippen LogP contribution is -1.96. The summed E-state index contributed by atoms with van der Waals surface area (Å²) in [5.74, 6) is -3.12. The van der Waals surface area contributed by atoms with E-state index in [2.05, 4.69) is 4.98 Å². The Morgan fingerprint density at radius 2 is 1.88 bits per heavy atom. The molecule has 0 saturated heterocycles. The number of aromatic nitrogens is 1. The van der Waals surface area contributed by atoms with Gasteiger partial charge in [0.05, 0.1) is 0 Å². The predicted octanol–water partition coefficient (Wildman–Crippen LogP) is 2.98. The molecule has 0 radical (unpaired) electrons. The van der Waals surface area contributed by atoms with Crippen molar-refractivity contribution in [2.45, 2.75) is 0 Å². The number of pyridine rings is 1. The van der Waals surface area contributed by atoms with Gasteiger partial charge in [0.15, 0.2) is 17.9 Å². The maximum atomic E-state index is 13.5. The number of aldehydes is 1. The van der Waals surface area contributed by atoms with Crippen LogP contribution in [0.15, 0.2) is 30.5 Å². The van der Waals surface area contributed by atoms with Crippen LogP contribution >= 0.6 is 0 Å². The third-order valence-electron chi connectivity index (χ3n) is 2.21. The fourth-order valence-corrected chi connectivity index (χ4v) is 1.40. The summed E-state index contributed by atoms with van der Waals surface area (Å²) in [6.45, 7) is 0. The molecule has 0 atom stereocenters. The van der Waals surface area contributed by atoms with Crippen molar-refractivity contribution in [1.82, 2.24) is 4.98 Å². The summed E-state index contributed by atoms with van der Waals surface area (Å²) in [7, 11) is 0. The Morgan fingerprint density at radius 3 is 2.53 bits per heavy atom. The zero-order valence-electron chi connectivity index (χ0n) is 8.45. The fourth-order valence-electron chi connectivity index (χ4n) is 1.40. The lowest BCUT2D eigenvalue weighted by atomic mass is 10.1. The van der Waals surface area contributed by atoms with E-state index in [0.29, 0.717) is 6.29 Å². The van der Waals surface area contributed by atoms with Crippen molar-refractivity contribution in [3.05, 3.63) is 53.5 Å². The van der Waals surface area contributed by atoms with Crippen LogP contribution in [0, 0.1) is 17.5 Å². The standard InChI is InChI=1S/C12H6F3NO/c13-9-3-1-2-8(11(9)15)12-10(14)4-7(6-17)5-16-12/h1-6H. The lowest BCUT2D eigenvalue weighted by Gasteiger charge is -2.04. The zero-order valence-corrected chi connectivity index (χ0v) is 8.45. The van der Waals surface area contributed by atoms with Crippen molar-refractivity contribution in [3.8, 4) is 11.3 Å². The molecule has 0 aliphatic heterocycles. The molecule has 1 aromatic heterocycles. The second kappa shape index (κ2) is 4.37.